The number of cyclic esters (lactones) is 1. The molecule has 176 valence electrons. The summed E-state index contributed by atoms with van der Waals surface area (Å²) in [6, 6.07) is 15.5. The zero-order valence-corrected chi connectivity index (χ0v) is 19.2. The van der Waals surface area contributed by atoms with E-state index in [1.165, 1.54) is 43.5 Å². The number of nitro benzene ring substituents is 1. The molecule has 0 saturated carbocycles. The summed E-state index contributed by atoms with van der Waals surface area (Å²) in [5.74, 6) is -1.21. The summed E-state index contributed by atoms with van der Waals surface area (Å²) < 4.78 is 16.0. The van der Waals surface area contributed by atoms with Crippen LogP contribution in [0.5, 0.6) is 11.5 Å². The lowest BCUT2D eigenvalue weighted by Crippen LogP contribution is -2.11. The Hall–Kier alpha value is -4.50. The molecule has 0 atom stereocenters. The van der Waals surface area contributed by atoms with Crippen LogP contribution in [0, 0.1) is 17.0 Å². The molecule has 1 aliphatic heterocycles. The molecule has 1 heterocycles. The fourth-order valence-corrected chi connectivity index (χ4v) is 3.57. The van der Waals surface area contributed by atoms with Crippen molar-refractivity contribution in [1.82, 2.24) is 0 Å². The van der Waals surface area contributed by atoms with Gasteiger partial charge in [0.15, 0.2) is 17.2 Å². The van der Waals surface area contributed by atoms with Crippen LogP contribution in [0.25, 0.3) is 6.08 Å². The zero-order chi connectivity index (χ0) is 25.1. The van der Waals surface area contributed by atoms with Crippen molar-refractivity contribution in [2.45, 2.75) is 6.92 Å². The first-order valence-electron chi connectivity index (χ1n) is 10.2. The lowest BCUT2D eigenvalue weighted by Gasteiger charge is -2.13. The standard InChI is InChI=1S/C25H17ClN2O7/c1-14-6-3-4-9-18(14)24(29)34-22-19(26)10-15(12-21(22)33-2)11-20-25(30)35-23(27-20)16-7-5-8-17(13-16)28(31)32/h3-13H,1-2H3/b20-11-. The van der Waals surface area contributed by atoms with Crippen LogP contribution < -0.4 is 9.47 Å². The number of ether oxygens (including phenoxy) is 3. The molecule has 35 heavy (non-hydrogen) atoms. The number of halogens is 1. The summed E-state index contributed by atoms with van der Waals surface area (Å²) in [6.07, 6.45) is 1.41. The Balaban J connectivity index is 1.64. The summed E-state index contributed by atoms with van der Waals surface area (Å²) in [4.78, 5) is 39.6. The highest BCUT2D eigenvalue weighted by atomic mass is 35.5. The minimum Gasteiger partial charge on any atom is -0.493 e. The van der Waals surface area contributed by atoms with Crippen LogP contribution in [0.2, 0.25) is 5.02 Å². The number of rotatable bonds is 6. The number of hydrogen-bond acceptors (Lipinski definition) is 8. The average Bonchev–Trinajstić information content (AvgIpc) is 3.20. The molecule has 0 unspecified atom stereocenters. The SMILES string of the molecule is COc1cc(/C=C2\N=C(c3cccc([N+](=O)[O-])c3)OC2=O)cc(Cl)c1OC(=O)c1ccccc1C. The normalized spacial score (nSPS) is 13.9. The fourth-order valence-electron chi connectivity index (χ4n) is 3.31. The van der Waals surface area contributed by atoms with E-state index in [0.29, 0.717) is 11.1 Å². The summed E-state index contributed by atoms with van der Waals surface area (Å²) in [5, 5.41) is 11.1. The maximum atomic E-state index is 12.6. The number of non-ortho nitro benzene ring substituents is 1. The molecule has 0 fully saturated rings. The molecule has 0 N–H and O–H groups in total. The molecule has 10 heteroatoms. The van der Waals surface area contributed by atoms with E-state index in [1.54, 1.807) is 31.2 Å². The Morgan fingerprint density at radius 3 is 2.63 bits per heavy atom. The van der Waals surface area contributed by atoms with Crippen molar-refractivity contribution in [3.8, 4) is 11.5 Å². The molecule has 3 aromatic rings. The second-order valence-corrected chi connectivity index (χ2v) is 7.79. The van der Waals surface area contributed by atoms with E-state index in [4.69, 9.17) is 25.8 Å². The van der Waals surface area contributed by atoms with Crippen molar-refractivity contribution >= 4 is 41.2 Å². The van der Waals surface area contributed by atoms with Crippen LogP contribution in [0.1, 0.15) is 27.0 Å². The highest BCUT2D eigenvalue weighted by molar-refractivity contribution is 6.32. The predicted octanol–water partition coefficient (Wildman–Crippen LogP) is 5.13. The minimum absolute atomic E-state index is 0.0272. The zero-order valence-electron chi connectivity index (χ0n) is 18.5. The van der Waals surface area contributed by atoms with Crippen molar-refractivity contribution in [2.24, 2.45) is 4.99 Å². The second-order valence-electron chi connectivity index (χ2n) is 7.38. The highest BCUT2D eigenvalue weighted by Gasteiger charge is 2.26. The van der Waals surface area contributed by atoms with E-state index in [-0.39, 0.29) is 39.4 Å². The largest absolute Gasteiger partial charge is 0.493 e. The summed E-state index contributed by atoms with van der Waals surface area (Å²) >= 11 is 6.38. The number of nitrogens with zero attached hydrogens (tertiary/aromatic N) is 2. The summed E-state index contributed by atoms with van der Waals surface area (Å²) in [5.41, 5.74) is 1.63. The smallest absolute Gasteiger partial charge is 0.363 e. The van der Waals surface area contributed by atoms with Crippen LogP contribution in [-0.2, 0) is 9.53 Å². The first-order valence-corrected chi connectivity index (χ1v) is 10.6. The maximum absolute atomic E-state index is 12.6. The van der Waals surface area contributed by atoms with Gasteiger partial charge in [-0.15, -0.1) is 0 Å². The van der Waals surface area contributed by atoms with Crippen molar-refractivity contribution in [1.29, 1.82) is 0 Å². The predicted molar refractivity (Wildman–Crippen MR) is 128 cm³/mol. The van der Waals surface area contributed by atoms with Gasteiger partial charge >= 0.3 is 11.9 Å². The molecule has 4 rings (SSSR count). The van der Waals surface area contributed by atoms with Crippen molar-refractivity contribution < 1.29 is 28.7 Å². The number of carbonyl (C=O) groups is 2. The Morgan fingerprint density at radius 2 is 1.91 bits per heavy atom. The first kappa shape index (κ1) is 23.7. The molecule has 3 aromatic carbocycles. The number of benzene rings is 3. The van der Waals surface area contributed by atoms with Gasteiger partial charge in [0.1, 0.15) is 0 Å². The first-order chi connectivity index (χ1) is 16.8. The van der Waals surface area contributed by atoms with Gasteiger partial charge in [-0.3, -0.25) is 10.1 Å². The summed E-state index contributed by atoms with van der Waals surface area (Å²) in [7, 11) is 1.39. The number of methoxy groups -OCH3 is 1. The number of aryl methyl sites for hydroxylation is 1. The summed E-state index contributed by atoms with van der Waals surface area (Å²) in [6.45, 7) is 1.79. The minimum atomic E-state index is -0.739. The van der Waals surface area contributed by atoms with Crippen molar-refractivity contribution in [3.63, 3.8) is 0 Å². The van der Waals surface area contributed by atoms with Crippen LogP contribution in [0.4, 0.5) is 5.69 Å². The van der Waals surface area contributed by atoms with Gasteiger partial charge in [-0.25, -0.2) is 14.6 Å². The number of hydrogen-bond donors (Lipinski definition) is 0. The van der Waals surface area contributed by atoms with E-state index in [0.717, 1.165) is 5.56 Å². The maximum Gasteiger partial charge on any atom is 0.363 e. The van der Waals surface area contributed by atoms with Crippen LogP contribution in [0.3, 0.4) is 0 Å². The number of nitro groups is 1. The average molecular weight is 493 g/mol. The quantitative estimate of drug-likeness (QED) is 0.154. The van der Waals surface area contributed by atoms with Gasteiger partial charge in [0.25, 0.3) is 5.69 Å². The van der Waals surface area contributed by atoms with E-state index in [1.807, 2.05) is 6.07 Å². The molecular formula is C25H17ClN2O7. The second kappa shape index (κ2) is 9.78. The molecular weight excluding hydrogens is 476 g/mol. The lowest BCUT2D eigenvalue weighted by atomic mass is 10.1. The third-order valence-corrected chi connectivity index (χ3v) is 5.32. The van der Waals surface area contributed by atoms with Crippen LogP contribution in [0.15, 0.2) is 71.4 Å². The van der Waals surface area contributed by atoms with E-state index < -0.39 is 16.9 Å². The van der Waals surface area contributed by atoms with Gasteiger partial charge in [-0.2, -0.15) is 0 Å². The molecule has 0 saturated heterocycles. The van der Waals surface area contributed by atoms with Gasteiger partial charge < -0.3 is 14.2 Å². The molecule has 0 aromatic heterocycles. The van der Waals surface area contributed by atoms with E-state index in [2.05, 4.69) is 4.99 Å². The van der Waals surface area contributed by atoms with Gasteiger partial charge in [0.2, 0.25) is 5.90 Å². The Bertz CT molecular complexity index is 1430. The fraction of sp³-hybridized carbons (Fsp3) is 0.0800. The van der Waals surface area contributed by atoms with Crippen LogP contribution >= 0.6 is 11.6 Å². The van der Waals surface area contributed by atoms with E-state index in [9.17, 15) is 19.7 Å². The molecule has 0 bridgehead atoms. The van der Waals surface area contributed by atoms with E-state index >= 15 is 0 Å². The van der Waals surface area contributed by atoms with Crippen LogP contribution in [-0.4, -0.2) is 29.9 Å². The third kappa shape index (κ3) is 5.04. The number of carbonyl (C=O) groups excluding carboxylic acids is 2. The highest BCUT2D eigenvalue weighted by Crippen LogP contribution is 2.38. The molecule has 1 aliphatic rings. The third-order valence-electron chi connectivity index (χ3n) is 5.04. The Kier molecular flexibility index (Phi) is 6.61. The molecule has 0 aliphatic carbocycles. The van der Waals surface area contributed by atoms with Gasteiger partial charge in [0, 0.05) is 17.7 Å². The molecule has 0 spiro atoms. The van der Waals surface area contributed by atoms with Gasteiger partial charge in [-0.1, -0.05) is 35.9 Å². The topological polar surface area (TPSA) is 117 Å². The molecule has 9 nitrogen and oxygen atoms in total. The molecule has 0 radical (unpaired) electrons. The van der Waals surface area contributed by atoms with Gasteiger partial charge in [0.05, 0.1) is 22.6 Å². The Morgan fingerprint density at radius 1 is 1.14 bits per heavy atom. The lowest BCUT2D eigenvalue weighted by molar-refractivity contribution is -0.384. The van der Waals surface area contributed by atoms with Crippen molar-refractivity contribution in [2.75, 3.05) is 7.11 Å². The monoisotopic (exact) mass is 492 g/mol. The molecule has 0 amide bonds. The number of esters is 2. The van der Waals surface area contributed by atoms with Gasteiger partial charge in [-0.05, 0) is 48.4 Å². The number of aliphatic imine (C=N–C) groups is 1. The Labute approximate surface area is 204 Å². The van der Waals surface area contributed by atoms with Crippen molar-refractivity contribution in [3.05, 3.63) is 104 Å².